The average molecular weight is 545 g/mol. The van der Waals surface area contributed by atoms with Gasteiger partial charge in [-0.3, -0.25) is 0 Å². The smallest absolute Gasteiger partial charge is 0.191 e. The molecule has 3 rings (SSSR count). The second-order valence-corrected chi connectivity index (χ2v) is 9.84. The summed E-state index contributed by atoms with van der Waals surface area (Å²) in [5.41, 5.74) is 2.37. The number of halogens is 2. The van der Waals surface area contributed by atoms with Gasteiger partial charge in [0.15, 0.2) is 15.8 Å². The van der Waals surface area contributed by atoms with E-state index in [9.17, 15) is 12.8 Å². The summed E-state index contributed by atoms with van der Waals surface area (Å²) in [6, 6.07) is 14.4. The largest absolute Gasteiger partial charge is 0.357 e. The van der Waals surface area contributed by atoms with E-state index >= 15 is 0 Å². The van der Waals surface area contributed by atoms with E-state index in [4.69, 9.17) is 0 Å². The fourth-order valence-corrected chi connectivity index (χ4v) is 4.19. The summed E-state index contributed by atoms with van der Waals surface area (Å²) < 4.78 is 37.0. The van der Waals surface area contributed by atoms with Crippen LogP contribution >= 0.6 is 24.0 Å². The van der Waals surface area contributed by atoms with Crippen LogP contribution in [0.3, 0.4) is 0 Å². The van der Waals surface area contributed by atoms with Gasteiger partial charge >= 0.3 is 0 Å². The van der Waals surface area contributed by atoms with E-state index < -0.39 is 9.84 Å². The lowest BCUT2D eigenvalue weighted by Gasteiger charge is -2.19. The summed E-state index contributed by atoms with van der Waals surface area (Å²) in [4.78, 5) is 4.62. The number of aliphatic imine (C=N–C) groups is 1. The van der Waals surface area contributed by atoms with E-state index in [0.717, 1.165) is 36.1 Å². The molecule has 164 valence electrons. The first kappa shape index (κ1) is 24.6. The third-order valence-corrected chi connectivity index (χ3v) is 5.97. The third kappa shape index (κ3) is 6.94. The lowest BCUT2D eigenvalue weighted by molar-refractivity contribution is 0.559. The molecule has 1 aliphatic carbocycles. The Kier molecular flexibility index (Phi) is 8.66. The molecule has 2 aromatic rings. The van der Waals surface area contributed by atoms with Gasteiger partial charge in [0.25, 0.3) is 0 Å². The lowest BCUT2D eigenvalue weighted by atomic mass is 9.95. The van der Waals surface area contributed by atoms with Gasteiger partial charge in [0.2, 0.25) is 0 Å². The molecule has 0 heterocycles. The summed E-state index contributed by atoms with van der Waals surface area (Å²) in [5.74, 6) is 0.581. The molecule has 0 spiro atoms. The van der Waals surface area contributed by atoms with Crippen LogP contribution in [0.1, 0.15) is 36.5 Å². The first-order valence-electron chi connectivity index (χ1n) is 9.84. The van der Waals surface area contributed by atoms with Gasteiger partial charge in [-0.25, -0.2) is 17.8 Å². The van der Waals surface area contributed by atoms with E-state index in [0.29, 0.717) is 19.0 Å². The maximum absolute atomic E-state index is 14.2. The molecule has 2 aromatic carbocycles. The van der Waals surface area contributed by atoms with Crippen LogP contribution in [0.25, 0.3) is 0 Å². The van der Waals surface area contributed by atoms with Crippen molar-refractivity contribution in [2.75, 3.05) is 19.3 Å². The maximum atomic E-state index is 14.2. The number of sulfone groups is 1. The van der Waals surface area contributed by atoms with Gasteiger partial charge in [0, 0.05) is 24.8 Å². The summed E-state index contributed by atoms with van der Waals surface area (Å²) in [5, 5.41) is 6.58. The van der Waals surface area contributed by atoms with Crippen molar-refractivity contribution in [1.29, 1.82) is 0 Å². The highest BCUT2D eigenvalue weighted by Crippen LogP contribution is 2.48. The molecule has 5 nitrogen and oxygen atoms in total. The molecule has 0 atom stereocenters. The molecule has 0 radical (unpaired) electrons. The van der Waals surface area contributed by atoms with E-state index in [-0.39, 0.29) is 41.0 Å². The SMILES string of the molecule is CCNC(=NCc1ccc(CS(C)(=O)=O)cc1)NCC1(c2ccccc2F)CC1.I. The highest BCUT2D eigenvalue weighted by Gasteiger charge is 2.45. The molecular formula is C22H29FIN3O2S. The van der Waals surface area contributed by atoms with E-state index in [2.05, 4.69) is 15.6 Å². The standard InChI is InChI=1S/C22H28FN3O2S.HI/c1-3-24-21(25-14-17-8-10-18(11-9-17)15-29(2,27)28)26-16-22(12-13-22)19-6-4-5-7-20(19)23;/h4-11H,3,12-16H2,1-2H3,(H2,24,25,26);1H. The van der Waals surface area contributed by atoms with Crippen molar-refractivity contribution in [3.05, 3.63) is 71.0 Å². The number of nitrogens with zero attached hydrogens (tertiary/aromatic N) is 1. The second kappa shape index (κ2) is 10.6. The van der Waals surface area contributed by atoms with Crippen LogP contribution in [0, 0.1) is 5.82 Å². The molecule has 0 aliphatic heterocycles. The van der Waals surface area contributed by atoms with Crippen molar-refractivity contribution in [2.24, 2.45) is 4.99 Å². The number of guanidine groups is 1. The van der Waals surface area contributed by atoms with Gasteiger partial charge in [-0.2, -0.15) is 0 Å². The molecule has 0 unspecified atom stereocenters. The van der Waals surface area contributed by atoms with Crippen molar-refractivity contribution in [1.82, 2.24) is 10.6 Å². The van der Waals surface area contributed by atoms with Crippen LogP contribution in [0.4, 0.5) is 4.39 Å². The Morgan fingerprint density at radius 2 is 1.70 bits per heavy atom. The van der Waals surface area contributed by atoms with Crippen LogP contribution in [-0.2, 0) is 27.5 Å². The van der Waals surface area contributed by atoms with E-state index in [1.165, 1.54) is 12.3 Å². The quantitative estimate of drug-likeness (QED) is 0.301. The fourth-order valence-electron chi connectivity index (χ4n) is 3.39. The van der Waals surface area contributed by atoms with Gasteiger partial charge < -0.3 is 10.6 Å². The topological polar surface area (TPSA) is 70.6 Å². The van der Waals surface area contributed by atoms with Crippen LogP contribution in [0.2, 0.25) is 0 Å². The van der Waals surface area contributed by atoms with Gasteiger partial charge in [-0.1, -0.05) is 42.5 Å². The van der Waals surface area contributed by atoms with E-state index in [1.807, 2.05) is 43.3 Å². The zero-order chi connectivity index (χ0) is 20.9. The lowest BCUT2D eigenvalue weighted by Crippen LogP contribution is -2.41. The molecule has 8 heteroatoms. The molecule has 0 bridgehead atoms. The molecule has 1 fully saturated rings. The van der Waals surface area contributed by atoms with Crippen LogP contribution in [-0.4, -0.2) is 33.7 Å². The van der Waals surface area contributed by atoms with Crippen molar-refractivity contribution in [3.8, 4) is 0 Å². The fraction of sp³-hybridized carbons (Fsp3) is 0.409. The molecule has 0 amide bonds. The Balaban J connectivity index is 0.00000320. The summed E-state index contributed by atoms with van der Waals surface area (Å²) in [6.45, 7) is 3.83. The van der Waals surface area contributed by atoms with E-state index in [1.54, 1.807) is 6.07 Å². The summed E-state index contributed by atoms with van der Waals surface area (Å²) in [6.07, 6.45) is 3.15. The third-order valence-electron chi connectivity index (χ3n) is 5.11. The van der Waals surface area contributed by atoms with Gasteiger partial charge in [-0.05, 0) is 42.5 Å². The van der Waals surface area contributed by atoms with Crippen molar-refractivity contribution >= 4 is 39.8 Å². The maximum Gasteiger partial charge on any atom is 0.191 e. The average Bonchev–Trinajstić information content (AvgIpc) is 3.45. The van der Waals surface area contributed by atoms with Crippen LogP contribution in [0.5, 0.6) is 0 Å². The number of hydrogen-bond acceptors (Lipinski definition) is 3. The molecule has 0 saturated heterocycles. The first-order chi connectivity index (χ1) is 13.8. The molecule has 1 saturated carbocycles. The summed E-state index contributed by atoms with van der Waals surface area (Å²) in [7, 11) is -3.04. The number of benzene rings is 2. The van der Waals surface area contributed by atoms with Gasteiger partial charge in [0.05, 0.1) is 12.3 Å². The number of nitrogens with one attached hydrogen (secondary N) is 2. The number of rotatable bonds is 8. The zero-order valence-electron chi connectivity index (χ0n) is 17.3. The predicted octanol–water partition coefficient (Wildman–Crippen LogP) is 3.78. The predicted molar refractivity (Wildman–Crippen MR) is 131 cm³/mol. The minimum absolute atomic E-state index is 0. The Morgan fingerprint density at radius 3 is 2.27 bits per heavy atom. The Morgan fingerprint density at radius 1 is 1.07 bits per heavy atom. The highest BCUT2D eigenvalue weighted by molar-refractivity contribution is 14.0. The van der Waals surface area contributed by atoms with Crippen LogP contribution in [0.15, 0.2) is 53.5 Å². The zero-order valence-corrected chi connectivity index (χ0v) is 20.5. The molecular weight excluding hydrogens is 516 g/mol. The monoisotopic (exact) mass is 545 g/mol. The van der Waals surface area contributed by atoms with Crippen molar-refractivity contribution in [3.63, 3.8) is 0 Å². The normalized spacial score (nSPS) is 15.2. The minimum Gasteiger partial charge on any atom is -0.357 e. The van der Waals surface area contributed by atoms with Crippen molar-refractivity contribution in [2.45, 2.75) is 37.5 Å². The molecule has 0 aromatic heterocycles. The summed E-state index contributed by atoms with van der Waals surface area (Å²) >= 11 is 0. The first-order valence-corrected chi connectivity index (χ1v) is 11.9. The molecule has 2 N–H and O–H groups in total. The molecule has 30 heavy (non-hydrogen) atoms. The van der Waals surface area contributed by atoms with Crippen LogP contribution < -0.4 is 10.6 Å². The van der Waals surface area contributed by atoms with Gasteiger partial charge in [0.1, 0.15) is 5.82 Å². The van der Waals surface area contributed by atoms with Gasteiger partial charge in [-0.15, -0.1) is 24.0 Å². The minimum atomic E-state index is -3.04. The second-order valence-electron chi connectivity index (χ2n) is 7.70. The van der Waals surface area contributed by atoms with Crippen molar-refractivity contribution < 1.29 is 12.8 Å². The highest BCUT2D eigenvalue weighted by atomic mass is 127. The Bertz CT molecular complexity index is 974. The number of hydrogen-bond donors (Lipinski definition) is 2. The Labute approximate surface area is 195 Å². The Hall–Kier alpha value is -1.68. The molecule has 1 aliphatic rings.